The van der Waals surface area contributed by atoms with E-state index in [1.807, 2.05) is 0 Å². The van der Waals surface area contributed by atoms with Gasteiger partial charge in [-0.3, -0.25) is 14.2 Å². The maximum atomic E-state index is 15.3. The first-order valence-corrected chi connectivity index (χ1v) is 17.1. The average molecular weight is 775 g/mol. The Kier molecular flexibility index (Phi) is 9.69. The predicted molar refractivity (Wildman–Crippen MR) is 181 cm³/mol. The molecule has 282 valence electrons. The molecular formula is C37H30ClF7N6O3. The highest BCUT2D eigenvalue weighted by Gasteiger charge is 2.68. The van der Waals surface area contributed by atoms with E-state index in [0.717, 1.165) is 12.1 Å². The molecular weight excluding hydrogens is 745 g/mol. The van der Waals surface area contributed by atoms with Crippen LogP contribution in [0, 0.1) is 36.3 Å². The average Bonchev–Trinajstić information content (AvgIpc) is 3.64. The molecule has 2 aliphatic carbocycles. The van der Waals surface area contributed by atoms with Gasteiger partial charge >= 0.3 is 6.18 Å². The highest BCUT2D eigenvalue weighted by atomic mass is 35.5. The maximum absolute atomic E-state index is 15.3. The highest BCUT2D eigenvalue weighted by Crippen LogP contribution is 2.68. The second-order valence-corrected chi connectivity index (χ2v) is 13.6. The van der Waals surface area contributed by atoms with E-state index < -0.39 is 71.0 Å². The standard InChI is InChI=1S/C37H30ClF7N6O3/c1-18-30-27(38)8-7-24(33(30)50(2)48-18)23-6-5-22(4-3-10-54-11-9-52)46-32(23)28(14-19-12-20(39)15-21(40)13-19)47-29(53)17-51-35-31(34(49-51)37(43,44)45)25-16-26(25)36(35,41)42/h5-8,12-13,15,25-26,28,52H,9-11,14,16-17H2,1-2H3,(H,47,53)/t25-,26+,28-/m0/s1. The largest absolute Gasteiger partial charge is 0.435 e. The molecule has 2 N–H and O–H groups in total. The van der Waals surface area contributed by atoms with Gasteiger partial charge in [0.1, 0.15) is 36.2 Å². The van der Waals surface area contributed by atoms with E-state index >= 15 is 8.78 Å². The van der Waals surface area contributed by atoms with Crippen molar-refractivity contribution < 1.29 is 45.4 Å². The molecule has 0 aliphatic heterocycles. The summed E-state index contributed by atoms with van der Waals surface area (Å²) in [4.78, 5) is 18.6. The molecule has 0 radical (unpaired) electrons. The van der Waals surface area contributed by atoms with Gasteiger partial charge in [0.25, 0.3) is 5.92 Å². The minimum absolute atomic E-state index is 0.0401. The molecule has 7 rings (SSSR count). The van der Waals surface area contributed by atoms with Gasteiger partial charge in [0.15, 0.2) is 5.69 Å². The third-order valence-electron chi connectivity index (χ3n) is 9.47. The number of ether oxygens (including phenoxy) is 1. The van der Waals surface area contributed by atoms with Crippen LogP contribution in [0.3, 0.4) is 0 Å². The van der Waals surface area contributed by atoms with Gasteiger partial charge in [-0.05, 0) is 67.5 Å². The van der Waals surface area contributed by atoms with Crippen LogP contribution in [-0.2, 0) is 41.6 Å². The van der Waals surface area contributed by atoms with Crippen molar-refractivity contribution in [3.63, 3.8) is 0 Å². The molecule has 54 heavy (non-hydrogen) atoms. The van der Waals surface area contributed by atoms with Crippen LogP contribution >= 0.6 is 11.6 Å². The molecule has 2 aliphatic rings. The summed E-state index contributed by atoms with van der Waals surface area (Å²) in [5.74, 6) is -3.22. The molecule has 1 saturated carbocycles. The Morgan fingerprint density at radius 2 is 1.85 bits per heavy atom. The molecule has 0 bridgehead atoms. The lowest BCUT2D eigenvalue weighted by atomic mass is 9.93. The number of hydrogen-bond donors (Lipinski definition) is 2. The maximum Gasteiger partial charge on any atom is 0.435 e. The van der Waals surface area contributed by atoms with Crippen molar-refractivity contribution in [2.24, 2.45) is 13.0 Å². The number of amides is 1. The fourth-order valence-corrected chi connectivity index (χ4v) is 7.58. The molecule has 1 fully saturated rings. The fraction of sp³-hybridized carbons (Fsp3) is 0.351. The number of aromatic nitrogens is 5. The summed E-state index contributed by atoms with van der Waals surface area (Å²) in [6.07, 6.45) is -5.47. The van der Waals surface area contributed by atoms with Crippen molar-refractivity contribution >= 4 is 28.4 Å². The van der Waals surface area contributed by atoms with Crippen molar-refractivity contribution in [3.05, 3.63) is 98.7 Å². The lowest BCUT2D eigenvalue weighted by Crippen LogP contribution is -2.35. The van der Waals surface area contributed by atoms with E-state index in [1.54, 1.807) is 42.9 Å². The van der Waals surface area contributed by atoms with Crippen LogP contribution in [0.4, 0.5) is 30.7 Å². The quantitative estimate of drug-likeness (QED) is 0.0924. The first kappa shape index (κ1) is 37.3. The SMILES string of the molecule is Cc1nn(C)c2c(-c3ccc(C#CCOCCO)nc3[C@H](Cc3cc(F)cc(F)c3)NC(=O)Cn3nc(C(F)(F)F)c4c3C(F)(F)[C@@H]3C[C@H]43)ccc(Cl)c12. The van der Waals surface area contributed by atoms with Crippen molar-refractivity contribution in [2.45, 2.75) is 50.4 Å². The Balaban J connectivity index is 1.34. The van der Waals surface area contributed by atoms with Gasteiger partial charge < -0.3 is 15.2 Å². The smallest absolute Gasteiger partial charge is 0.394 e. The lowest BCUT2D eigenvalue weighted by molar-refractivity contribution is -0.142. The van der Waals surface area contributed by atoms with E-state index in [0.29, 0.717) is 43.5 Å². The number of carbonyl (C=O) groups is 1. The fourth-order valence-electron chi connectivity index (χ4n) is 7.29. The normalized spacial score (nSPS) is 17.5. The molecule has 3 heterocycles. The molecule has 17 heteroatoms. The summed E-state index contributed by atoms with van der Waals surface area (Å²) >= 11 is 6.57. The topological polar surface area (TPSA) is 107 Å². The van der Waals surface area contributed by atoms with Gasteiger partial charge in [0, 0.05) is 41.1 Å². The molecule has 0 saturated heterocycles. The molecule has 3 atom stereocenters. The number of benzene rings is 2. The van der Waals surface area contributed by atoms with Crippen LogP contribution in [0.2, 0.25) is 5.02 Å². The summed E-state index contributed by atoms with van der Waals surface area (Å²) in [6, 6.07) is 8.05. The second-order valence-electron chi connectivity index (χ2n) is 13.2. The van der Waals surface area contributed by atoms with Crippen LogP contribution in [0.25, 0.3) is 22.0 Å². The lowest BCUT2D eigenvalue weighted by Gasteiger charge is -2.23. The van der Waals surface area contributed by atoms with Gasteiger partial charge in [0.05, 0.1) is 41.2 Å². The minimum Gasteiger partial charge on any atom is -0.394 e. The number of hydrogen-bond acceptors (Lipinski definition) is 6. The Morgan fingerprint density at radius 3 is 2.56 bits per heavy atom. The van der Waals surface area contributed by atoms with Crippen molar-refractivity contribution in [1.29, 1.82) is 0 Å². The van der Waals surface area contributed by atoms with Gasteiger partial charge in [-0.25, -0.2) is 13.8 Å². The van der Waals surface area contributed by atoms with Crippen LogP contribution in [0.1, 0.15) is 58.0 Å². The minimum atomic E-state index is -5.04. The Bertz CT molecular complexity index is 2340. The highest BCUT2D eigenvalue weighted by molar-refractivity contribution is 6.36. The number of pyridine rings is 1. The van der Waals surface area contributed by atoms with Gasteiger partial charge in [-0.15, -0.1) is 0 Å². The number of nitrogens with zero attached hydrogens (tertiary/aromatic N) is 5. The Labute approximate surface area is 308 Å². The van der Waals surface area contributed by atoms with Crippen LogP contribution in [0.5, 0.6) is 0 Å². The van der Waals surface area contributed by atoms with Crippen molar-refractivity contribution in [1.82, 2.24) is 29.9 Å². The van der Waals surface area contributed by atoms with E-state index in [9.17, 15) is 26.7 Å². The zero-order valence-electron chi connectivity index (χ0n) is 28.5. The number of fused-ring (bicyclic) bond motifs is 4. The van der Waals surface area contributed by atoms with Gasteiger partial charge in [-0.2, -0.15) is 32.1 Å². The monoisotopic (exact) mass is 774 g/mol. The summed E-state index contributed by atoms with van der Waals surface area (Å²) in [5, 5.41) is 20.7. The first-order chi connectivity index (χ1) is 25.6. The number of halogens is 8. The number of aryl methyl sites for hydroxylation is 2. The molecule has 9 nitrogen and oxygen atoms in total. The third kappa shape index (κ3) is 6.91. The van der Waals surface area contributed by atoms with E-state index in [4.69, 9.17) is 26.4 Å². The van der Waals surface area contributed by atoms with Crippen LogP contribution in [0.15, 0.2) is 42.5 Å². The zero-order valence-corrected chi connectivity index (χ0v) is 29.3. The summed E-state index contributed by atoms with van der Waals surface area (Å²) < 4.78 is 109. The number of carbonyl (C=O) groups excluding carboxylic acids is 1. The number of rotatable bonds is 10. The van der Waals surface area contributed by atoms with Crippen molar-refractivity contribution in [3.8, 4) is 23.0 Å². The Morgan fingerprint density at radius 1 is 1.13 bits per heavy atom. The second kappa shape index (κ2) is 14.0. The molecule has 3 aromatic heterocycles. The molecule has 2 aromatic carbocycles. The van der Waals surface area contributed by atoms with E-state index in [1.165, 1.54) is 0 Å². The molecule has 0 unspecified atom stereocenters. The van der Waals surface area contributed by atoms with Crippen LogP contribution < -0.4 is 5.32 Å². The zero-order chi connectivity index (χ0) is 38.7. The summed E-state index contributed by atoms with van der Waals surface area (Å²) in [6.45, 7) is 0.499. The van der Waals surface area contributed by atoms with Gasteiger partial charge in [0.2, 0.25) is 5.91 Å². The predicted octanol–water partition coefficient (Wildman–Crippen LogP) is 6.76. The number of aliphatic hydroxyl groups excluding tert-OH is 1. The summed E-state index contributed by atoms with van der Waals surface area (Å²) in [7, 11) is 1.70. The first-order valence-electron chi connectivity index (χ1n) is 16.7. The summed E-state index contributed by atoms with van der Waals surface area (Å²) in [5.41, 5.74) is -0.529. The Hall–Kier alpha value is -4.98. The molecule has 0 spiro atoms. The number of nitrogens with one attached hydrogen (secondary N) is 1. The number of aliphatic hydroxyl groups is 1. The molecule has 5 aromatic rings. The third-order valence-corrected chi connectivity index (χ3v) is 9.79. The van der Waals surface area contributed by atoms with E-state index in [-0.39, 0.29) is 49.6 Å². The van der Waals surface area contributed by atoms with Crippen LogP contribution in [-0.4, -0.2) is 55.4 Å². The van der Waals surface area contributed by atoms with Gasteiger partial charge in [-0.1, -0.05) is 23.6 Å². The number of alkyl halides is 5. The van der Waals surface area contributed by atoms with E-state index in [2.05, 4.69) is 27.4 Å². The van der Waals surface area contributed by atoms with Crippen molar-refractivity contribution in [2.75, 3.05) is 19.8 Å². The molecule has 1 amide bonds.